The van der Waals surface area contributed by atoms with E-state index in [2.05, 4.69) is 15.7 Å². The fourth-order valence-electron chi connectivity index (χ4n) is 2.70. The molecule has 0 spiro atoms. The van der Waals surface area contributed by atoms with Gasteiger partial charge in [-0.1, -0.05) is 19.3 Å². The number of ether oxygens (including phenoxy) is 1. The van der Waals surface area contributed by atoms with Crippen LogP contribution in [0.3, 0.4) is 0 Å². The summed E-state index contributed by atoms with van der Waals surface area (Å²) in [6.45, 7) is 2.54. The van der Waals surface area contributed by atoms with Gasteiger partial charge in [-0.25, -0.2) is 4.98 Å². The van der Waals surface area contributed by atoms with Crippen LogP contribution in [0.4, 0.5) is 0 Å². The van der Waals surface area contributed by atoms with Crippen molar-refractivity contribution in [3.05, 3.63) is 16.1 Å². The molecule has 2 saturated carbocycles. The first-order chi connectivity index (χ1) is 9.40. The number of aromatic nitrogens is 1. The zero-order valence-electron chi connectivity index (χ0n) is 11.6. The molecule has 0 amide bonds. The van der Waals surface area contributed by atoms with Crippen molar-refractivity contribution in [2.75, 3.05) is 6.61 Å². The van der Waals surface area contributed by atoms with Gasteiger partial charge >= 0.3 is 0 Å². The lowest BCUT2D eigenvalue weighted by atomic mass is 9.90. The first-order valence-electron chi connectivity index (χ1n) is 7.64. The van der Waals surface area contributed by atoms with Crippen LogP contribution in [0, 0.1) is 5.92 Å². The molecule has 0 unspecified atom stereocenters. The van der Waals surface area contributed by atoms with E-state index < -0.39 is 0 Å². The Labute approximate surface area is 119 Å². The maximum Gasteiger partial charge on any atom is 0.107 e. The molecule has 0 aromatic carbocycles. The van der Waals surface area contributed by atoms with Gasteiger partial charge in [0.2, 0.25) is 0 Å². The Balaban J connectivity index is 1.34. The highest BCUT2D eigenvalue weighted by Gasteiger charge is 2.20. The van der Waals surface area contributed by atoms with Crippen molar-refractivity contribution in [2.24, 2.45) is 5.92 Å². The maximum atomic E-state index is 5.83. The van der Waals surface area contributed by atoms with E-state index in [1.807, 2.05) is 0 Å². The third-order valence-corrected chi connectivity index (χ3v) is 4.94. The van der Waals surface area contributed by atoms with Crippen LogP contribution in [0.25, 0.3) is 0 Å². The normalized spacial score (nSPS) is 20.8. The maximum absolute atomic E-state index is 5.83. The van der Waals surface area contributed by atoms with Crippen molar-refractivity contribution in [3.8, 4) is 0 Å². The fraction of sp³-hybridized carbons (Fsp3) is 0.800. The molecule has 106 valence electrons. The van der Waals surface area contributed by atoms with Gasteiger partial charge in [0.1, 0.15) is 5.01 Å². The number of nitrogens with zero attached hydrogens (tertiary/aromatic N) is 1. The van der Waals surface area contributed by atoms with E-state index in [4.69, 9.17) is 4.74 Å². The average molecular weight is 280 g/mol. The predicted octanol–water partition coefficient (Wildman–Crippen LogP) is 3.49. The number of nitrogens with one attached hydrogen (secondary N) is 1. The van der Waals surface area contributed by atoms with E-state index in [0.717, 1.165) is 30.8 Å². The largest absolute Gasteiger partial charge is 0.375 e. The van der Waals surface area contributed by atoms with Gasteiger partial charge in [-0.05, 0) is 31.6 Å². The smallest absolute Gasteiger partial charge is 0.107 e. The standard InChI is InChI=1S/C15H24N2OS/c1-2-4-12(5-3-1)9-18-10-14-11-19-15(17-14)8-16-13-6-7-13/h11-13,16H,1-10H2. The van der Waals surface area contributed by atoms with Gasteiger partial charge in [0.25, 0.3) is 0 Å². The second kappa shape index (κ2) is 6.82. The summed E-state index contributed by atoms with van der Waals surface area (Å²) in [4.78, 5) is 4.62. The lowest BCUT2D eigenvalue weighted by Crippen LogP contribution is -2.15. The molecule has 1 aromatic heterocycles. The molecule has 0 aliphatic heterocycles. The van der Waals surface area contributed by atoms with E-state index >= 15 is 0 Å². The summed E-state index contributed by atoms with van der Waals surface area (Å²) >= 11 is 1.75. The minimum atomic E-state index is 0.691. The summed E-state index contributed by atoms with van der Waals surface area (Å²) in [5, 5.41) is 6.84. The highest BCUT2D eigenvalue weighted by atomic mass is 32.1. The van der Waals surface area contributed by atoms with Crippen molar-refractivity contribution in [1.29, 1.82) is 0 Å². The van der Waals surface area contributed by atoms with Crippen LogP contribution < -0.4 is 5.32 Å². The molecule has 3 rings (SSSR count). The third kappa shape index (κ3) is 4.55. The van der Waals surface area contributed by atoms with Crippen LogP contribution >= 0.6 is 11.3 Å². The Morgan fingerprint density at radius 1 is 1.21 bits per heavy atom. The second-order valence-electron chi connectivity index (χ2n) is 5.91. The Bertz CT molecular complexity index is 383. The summed E-state index contributed by atoms with van der Waals surface area (Å²) in [6.07, 6.45) is 9.58. The summed E-state index contributed by atoms with van der Waals surface area (Å²) in [5.74, 6) is 0.795. The molecule has 19 heavy (non-hydrogen) atoms. The quantitative estimate of drug-likeness (QED) is 0.830. The molecule has 1 N–H and O–H groups in total. The van der Waals surface area contributed by atoms with Gasteiger partial charge in [-0.3, -0.25) is 0 Å². The lowest BCUT2D eigenvalue weighted by Gasteiger charge is -2.20. The highest BCUT2D eigenvalue weighted by Crippen LogP contribution is 2.24. The van der Waals surface area contributed by atoms with Gasteiger partial charge in [0, 0.05) is 24.6 Å². The molecule has 0 bridgehead atoms. The van der Waals surface area contributed by atoms with Crippen LogP contribution in [-0.2, 0) is 17.9 Å². The van der Waals surface area contributed by atoms with E-state index in [1.165, 1.54) is 50.0 Å². The van der Waals surface area contributed by atoms with Crippen molar-refractivity contribution in [2.45, 2.75) is 64.1 Å². The van der Waals surface area contributed by atoms with E-state index in [1.54, 1.807) is 11.3 Å². The predicted molar refractivity (Wildman–Crippen MR) is 78.2 cm³/mol. The molecule has 2 fully saturated rings. The van der Waals surface area contributed by atoms with Gasteiger partial charge in [0.05, 0.1) is 12.3 Å². The summed E-state index contributed by atoms with van der Waals surface area (Å²) in [5.41, 5.74) is 1.11. The van der Waals surface area contributed by atoms with Crippen molar-refractivity contribution >= 4 is 11.3 Å². The minimum Gasteiger partial charge on any atom is -0.375 e. The van der Waals surface area contributed by atoms with Crippen molar-refractivity contribution in [1.82, 2.24) is 10.3 Å². The first-order valence-corrected chi connectivity index (χ1v) is 8.52. The van der Waals surface area contributed by atoms with Crippen LogP contribution in [0.5, 0.6) is 0 Å². The topological polar surface area (TPSA) is 34.2 Å². The van der Waals surface area contributed by atoms with Gasteiger partial charge in [-0.2, -0.15) is 0 Å². The summed E-state index contributed by atoms with van der Waals surface area (Å²) in [7, 11) is 0. The van der Waals surface area contributed by atoms with E-state index in [-0.39, 0.29) is 0 Å². The zero-order chi connectivity index (χ0) is 12.9. The number of rotatable bonds is 7. The molecule has 0 atom stereocenters. The number of thiazole rings is 1. The van der Waals surface area contributed by atoms with E-state index in [0.29, 0.717) is 6.61 Å². The van der Waals surface area contributed by atoms with Crippen LogP contribution in [0.15, 0.2) is 5.38 Å². The van der Waals surface area contributed by atoms with Crippen molar-refractivity contribution in [3.63, 3.8) is 0 Å². The molecule has 1 aromatic rings. The van der Waals surface area contributed by atoms with Crippen LogP contribution in [-0.4, -0.2) is 17.6 Å². The minimum absolute atomic E-state index is 0.691. The Morgan fingerprint density at radius 3 is 2.84 bits per heavy atom. The lowest BCUT2D eigenvalue weighted by molar-refractivity contribution is 0.0722. The molecule has 4 heteroatoms. The van der Waals surface area contributed by atoms with Gasteiger partial charge in [-0.15, -0.1) is 11.3 Å². The third-order valence-electron chi connectivity index (χ3n) is 4.05. The Hall–Kier alpha value is -0.450. The number of hydrogen-bond donors (Lipinski definition) is 1. The second-order valence-corrected chi connectivity index (χ2v) is 6.85. The van der Waals surface area contributed by atoms with Crippen LogP contribution in [0.2, 0.25) is 0 Å². The average Bonchev–Trinajstić information content (AvgIpc) is 3.17. The van der Waals surface area contributed by atoms with Gasteiger partial charge < -0.3 is 10.1 Å². The highest BCUT2D eigenvalue weighted by molar-refractivity contribution is 7.09. The molecular formula is C15H24N2OS. The fourth-order valence-corrected chi connectivity index (χ4v) is 3.43. The Morgan fingerprint density at radius 2 is 2.05 bits per heavy atom. The SMILES string of the molecule is c1sc(CNC2CC2)nc1COCC1CCCCC1. The molecule has 2 aliphatic rings. The monoisotopic (exact) mass is 280 g/mol. The Kier molecular flexibility index (Phi) is 4.86. The molecule has 3 nitrogen and oxygen atoms in total. The number of hydrogen-bond acceptors (Lipinski definition) is 4. The summed E-state index contributed by atoms with van der Waals surface area (Å²) in [6, 6.07) is 0.759. The van der Waals surface area contributed by atoms with E-state index in [9.17, 15) is 0 Å². The zero-order valence-corrected chi connectivity index (χ0v) is 12.4. The molecule has 0 saturated heterocycles. The molecular weight excluding hydrogens is 256 g/mol. The molecule has 2 aliphatic carbocycles. The van der Waals surface area contributed by atoms with Crippen molar-refractivity contribution < 1.29 is 4.74 Å². The van der Waals surface area contributed by atoms with Crippen LogP contribution in [0.1, 0.15) is 55.6 Å². The molecule has 0 radical (unpaired) electrons. The first kappa shape index (κ1) is 13.5. The van der Waals surface area contributed by atoms with Gasteiger partial charge in [0.15, 0.2) is 0 Å². The summed E-state index contributed by atoms with van der Waals surface area (Å²) < 4.78 is 5.83. The molecule has 1 heterocycles.